The van der Waals surface area contributed by atoms with E-state index in [4.69, 9.17) is 10.5 Å². The van der Waals surface area contributed by atoms with Gasteiger partial charge in [0.15, 0.2) is 5.82 Å². The van der Waals surface area contributed by atoms with Crippen molar-refractivity contribution in [1.82, 2.24) is 9.97 Å². The van der Waals surface area contributed by atoms with Crippen LogP contribution in [0.4, 0.5) is 5.82 Å². The van der Waals surface area contributed by atoms with E-state index in [1.165, 1.54) is 12.8 Å². The highest BCUT2D eigenvalue weighted by Crippen LogP contribution is 2.25. The Morgan fingerprint density at radius 1 is 1.58 bits per heavy atom. The van der Waals surface area contributed by atoms with Crippen LogP contribution in [0.15, 0.2) is 11.3 Å². The Morgan fingerprint density at radius 2 is 2.47 bits per heavy atom. The number of aromatic amines is 1. The lowest BCUT2D eigenvalue weighted by Crippen LogP contribution is -2.40. The molecule has 2 atom stereocenters. The maximum Gasteiger partial charge on any atom is 0.159 e. The van der Waals surface area contributed by atoms with E-state index < -0.39 is 0 Å². The zero-order chi connectivity index (χ0) is 13.2. The second kappa shape index (κ2) is 5.21. The molecular weight excluding hydrogens is 242 g/mol. The number of ether oxygens (including phenoxy) is 1. The van der Waals surface area contributed by atoms with Crippen LogP contribution >= 0.6 is 0 Å². The molecule has 0 spiro atoms. The third kappa shape index (κ3) is 2.45. The number of amidine groups is 1. The minimum Gasteiger partial charge on any atom is -0.382 e. The van der Waals surface area contributed by atoms with Gasteiger partial charge < -0.3 is 20.4 Å². The molecule has 2 aliphatic rings. The van der Waals surface area contributed by atoms with Crippen LogP contribution in [-0.2, 0) is 4.74 Å². The van der Waals surface area contributed by atoms with Crippen LogP contribution in [0.3, 0.4) is 0 Å². The Kier molecular flexibility index (Phi) is 3.42. The van der Waals surface area contributed by atoms with E-state index in [9.17, 15) is 0 Å². The molecule has 6 nitrogen and oxygen atoms in total. The minimum atomic E-state index is 0.361. The summed E-state index contributed by atoms with van der Waals surface area (Å²) in [5, 5.41) is 0. The summed E-state index contributed by atoms with van der Waals surface area (Å²) in [5.41, 5.74) is 6.69. The van der Waals surface area contributed by atoms with Crippen molar-refractivity contribution < 1.29 is 4.74 Å². The monoisotopic (exact) mass is 263 g/mol. The number of hydrogen-bond acceptors (Lipinski definition) is 5. The molecule has 2 aliphatic heterocycles. The molecule has 0 aromatic carbocycles. The predicted molar refractivity (Wildman–Crippen MR) is 74.3 cm³/mol. The van der Waals surface area contributed by atoms with E-state index >= 15 is 0 Å². The number of aliphatic imine (C=N–C) groups is 1. The highest BCUT2D eigenvalue weighted by atomic mass is 16.5. The summed E-state index contributed by atoms with van der Waals surface area (Å²) >= 11 is 0. The van der Waals surface area contributed by atoms with Crippen LogP contribution in [0.5, 0.6) is 0 Å². The molecular formula is C13H21N5O. The van der Waals surface area contributed by atoms with Crippen molar-refractivity contribution in [1.29, 1.82) is 0 Å². The first-order chi connectivity index (χ1) is 9.25. The third-order valence-corrected chi connectivity index (χ3v) is 3.94. The smallest absolute Gasteiger partial charge is 0.159 e. The zero-order valence-electron chi connectivity index (χ0n) is 11.3. The molecule has 0 amide bonds. The van der Waals surface area contributed by atoms with E-state index in [0.717, 1.165) is 31.1 Å². The fourth-order valence-corrected chi connectivity index (χ4v) is 2.85. The Bertz CT molecular complexity index is 463. The lowest BCUT2D eigenvalue weighted by Gasteiger charge is -2.33. The van der Waals surface area contributed by atoms with E-state index in [-0.39, 0.29) is 0 Å². The van der Waals surface area contributed by atoms with Crippen LogP contribution in [-0.4, -0.2) is 41.7 Å². The Balaban J connectivity index is 1.68. The normalized spacial score (nSPS) is 24.8. The summed E-state index contributed by atoms with van der Waals surface area (Å²) < 4.78 is 5.86. The van der Waals surface area contributed by atoms with E-state index in [1.54, 1.807) is 6.33 Å². The molecule has 0 saturated carbocycles. The standard InChI is InChI=1S/C13H21N5O/c1-9(10-4-2-3-5-19-10)6-18-8-17-12(14)11-13(18)16-7-15-11/h7,9-10H,2-6,8H2,1H3,(H2,14,17)(H,15,16). The van der Waals surface area contributed by atoms with Crippen molar-refractivity contribution in [3.8, 4) is 0 Å². The molecule has 0 radical (unpaired) electrons. The summed E-state index contributed by atoms with van der Waals surface area (Å²) in [7, 11) is 0. The van der Waals surface area contributed by atoms with Gasteiger partial charge in [0.2, 0.25) is 0 Å². The summed E-state index contributed by atoms with van der Waals surface area (Å²) in [6.07, 6.45) is 5.66. The Hall–Kier alpha value is -1.56. The van der Waals surface area contributed by atoms with E-state index in [1.807, 2.05) is 0 Å². The third-order valence-electron chi connectivity index (χ3n) is 3.94. The number of anilines is 1. The molecule has 1 fully saturated rings. The number of nitrogens with zero attached hydrogens (tertiary/aromatic N) is 3. The number of rotatable bonds is 3. The van der Waals surface area contributed by atoms with Gasteiger partial charge in [-0.1, -0.05) is 6.92 Å². The number of aromatic nitrogens is 2. The molecule has 2 unspecified atom stereocenters. The summed E-state index contributed by atoms with van der Waals surface area (Å²) in [6.45, 7) is 4.62. The van der Waals surface area contributed by atoms with Gasteiger partial charge in [-0.25, -0.2) is 9.98 Å². The second-order valence-corrected chi connectivity index (χ2v) is 5.39. The first-order valence-corrected chi connectivity index (χ1v) is 6.96. The van der Waals surface area contributed by atoms with Gasteiger partial charge in [0, 0.05) is 13.2 Å². The average molecular weight is 263 g/mol. The zero-order valence-corrected chi connectivity index (χ0v) is 11.3. The molecule has 1 aromatic rings. The maximum absolute atomic E-state index is 5.86. The number of hydrogen-bond donors (Lipinski definition) is 2. The van der Waals surface area contributed by atoms with Crippen LogP contribution in [0.2, 0.25) is 0 Å². The molecule has 104 valence electrons. The topological polar surface area (TPSA) is 79.5 Å². The maximum atomic E-state index is 5.86. The van der Waals surface area contributed by atoms with Crippen molar-refractivity contribution >= 4 is 11.7 Å². The quantitative estimate of drug-likeness (QED) is 0.855. The fourth-order valence-electron chi connectivity index (χ4n) is 2.85. The van der Waals surface area contributed by atoms with Gasteiger partial charge in [-0.05, 0) is 25.2 Å². The van der Waals surface area contributed by atoms with Crippen molar-refractivity contribution in [3.63, 3.8) is 0 Å². The molecule has 1 aromatic heterocycles. The lowest BCUT2D eigenvalue weighted by molar-refractivity contribution is -0.0143. The van der Waals surface area contributed by atoms with Gasteiger partial charge in [-0.2, -0.15) is 0 Å². The molecule has 3 heterocycles. The average Bonchev–Trinajstić information content (AvgIpc) is 2.93. The van der Waals surface area contributed by atoms with Crippen LogP contribution in [0.25, 0.3) is 0 Å². The molecule has 0 aliphatic carbocycles. The van der Waals surface area contributed by atoms with Gasteiger partial charge in [-0.3, -0.25) is 0 Å². The van der Waals surface area contributed by atoms with Gasteiger partial charge in [-0.15, -0.1) is 0 Å². The van der Waals surface area contributed by atoms with Gasteiger partial charge in [0.1, 0.15) is 18.2 Å². The lowest BCUT2D eigenvalue weighted by atomic mass is 9.97. The molecule has 3 N–H and O–H groups in total. The van der Waals surface area contributed by atoms with Crippen molar-refractivity contribution in [2.45, 2.75) is 32.3 Å². The van der Waals surface area contributed by atoms with Crippen LogP contribution in [0, 0.1) is 5.92 Å². The van der Waals surface area contributed by atoms with E-state index in [0.29, 0.717) is 24.5 Å². The number of fused-ring (bicyclic) bond motifs is 1. The van der Waals surface area contributed by atoms with Crippen molar-refractivity contribution in [3.05, 3.63) is 12.0 Å². The largest absolute Gasteiger partial charge is 0.382 e. The first-order valence-electron chi connectivity index (χ1n) is 6.96. The van der Waals surface area contributed by atoms with Crippen LogP contribution < -0.4 is 10.6 Å². The molecule has 6 heteroatoms. The second-order valence-electron chi connectivity index (χ2n) is 5.39. The Labute approximate surface area is 113 Å². The highest BCUT2D eigenvalue weighted by Gasteiger charge is 2.27. The minimum absolute atomic E-state index is 0.361. The SMILES string of the molecule is CC(CN1CN=C(N)c2[nH]cnc21)C1CCCCO1. The molecule has 1 saturated heterocycles. The van der Waals surface area contributed by atoms with Crippen LogP contribution in [0.1, 0.15) is 31.9 Å². The summed E-state index contributed by atoms with van der Waals surface area (Å²) in [6, 6.07) is 0. The number of imidazole rings is 1. The number of nitrogens with two attached hydrogens (primary N) is 1. The van der Waals surface area contributed by atoms with Crippen molar-refractivity contribution in [2.24, 2.45) is 16.6 Å². The number of H-pyrrole nitrogens is 1. The summed E-state index contributed by atoms with van der Waals surface area (Å²) in [5.74, 6) is 1.93. The van der Waals surface area contributed by atoms with Crippen molar-refractivity contribution in [2.75, 3.05) is 24.7 Å². The highest BCUT2D eigenvalue weighted by molar-refractivity contribution is 6.01. The molecule has 19 heavy (non-hydrogen) atoms. The van der Waals surface area contributed by atoms with Gasteiger partial charge in [0.25, 0.3) is 0 Å². The van der Waals surface area contributed by atoms with Gasteiger partial charge >= 0.3 is 0 Å². The van der Waals surface area contributed by atoms with E-state index in [2.05, 4.69) is 26.8 Å². The number of nitrogens with one attached hydrogen (secondary N) is 1. The molecule has 0 bridgehead atoms. The summed E-state index contributed by atoms with van der Waals surface area (Å²) in [4.78, 5) is 13.9. The Morgan fingerprint density at radius 3 is 3.26 bits per heavy atom. The molecule has 3 rings (SSSR count). The van der Waals surface area contributed by atoms with Gasteiger partial charge in [0.05, 0.1) is 12.4 Å². The fraction of sp³-hybridized carbons (Fsp3) is 0.692. The first kappa shape index (κ1) is 12.5. The predicted octanol–water partition coefficient (Wildman–Crippen LogP) is 1.10.